The van der Waals surface area contributed by atoms with Crippen molar-refractivity contribution in [2.24, 2.45) is 0 Å². The second-order valence-corrected chi connectivity index (χ2v) is 7.74. The summed E-state index contributed by atoms with van der Waals surface area (Å²) in [6.45, 7) is 6.08. The maximum absolute atomic E-state index is 13.1. The molecule has 27 heavy (non-hydrogen) atoms. The largest absolute Gasteiger partial charge is 0.469 e. The molecule has 1 atom stereocenters. The average molecular weight is 379 g/mol. The summed E-state index contributed by atoms with van der Waals surface area (Å²) >= 11 is 1.43. The smallest absolute Gasteiger partial charge is 0.263 e. The molecule has 138 valence electrons. The van der Waals surface area contributed by atoms with Gasteiger partial charge in [-0.15, -0.1) is 11.3 Å². The highest BCUT2D eigenvalue weighted by Gasteiger charge is 2.23. The van der Waals surface area contributed by atoms with Gasteiger partial charge in [-0.1, -0.05) is 0 Å². The van der Waals surface area contributed by atoms with Crippen LogP contribution in [-0.2, 0) is 6.42 Å². The maximum Gasteiger partial charge on any atom is 0.263 e. The Bertz CT molecular complexity index is 1070. The molecule has 4 aromatic rings. The molecule has 0 aliphatic carbocycles. The molecule has 4 heterocycles. The highest BCUT2D eigenvalue weighted by molar-refractivity contribution is 7.21. The lowest BCUT2D eigenvalue weighted by Gasteiger charge is -2.15. The first-order valence-electron chi connectivity index (χ1n) is 8.90. The molecule has 1 unspecified atom stereocenters. The average Bonchev–Trinajstić information content (AvgIpc) is 3.35. The van der Waals surface area contributed by atoms with Gasteiger partial charge in [0.1, 0.15) is 15.5 Å². The lowest BCUT2D eigenvalue weighted by molar-refractivity contribution is 0.0943. The number of pyridine rings is 1. The summed E-state index contributed by atoms with van der Waals surface area (Å²) in [6.07, 6.45) is 4.06. The summed E-state index contributed by atoms with van der Waals surface area (Å²) < 4.78 is 7.52. The van der Waals surface area contributed by atoms with Crippen LogP contribution in [0, 0.1) is 13.8 Å². The van der Waals surface area contributed by atoms with E-state index in [2.05, 4.69) is 27.0 Å². The number of fused-ring (bicyclic) bond motifs is 1. The number of hydrogen-bond donors (Lipinski definition) is 1. The molecule has 0 aromatic carbocycles. The Hall–Kier alpha value is -2.86. The van der Waals surface area contributed by atoms with Crippen LogP contribution in [0.3, 0.4) is 0 Å². The van der Waals surface area contributed by atoms with Crippen molar-refractivity contribution in [2.45, 2.75) is 33.2 Å². The molecule has 4 aromatic heterocycles. The van der Waals surface area contributed by atoms with E-state index in [9.17, 15) is 4.79 Å². The molecule has 6 heteroatoms. The molecule has 0 bridgehead atoms. The van der Waals surface area contributed by atoms with Crippen LogP contribution in [0.5, 0.6) is 0 Å². The third-order valence-electron chi connectivity index (χ3n) is 4.61. The number of hydrogen-bond acceptors (Lipinski definition) is 4. The van der Waals surface area contributed by atoms with E-state index in [1.807, 2.05) is 45.0 Å². The normalized spacial score (nSPS) is 12.4. The van der Waals surface area contributed by atoms with Crippen molar-refractivity contribution in [3.05, 3.63) is 70.9 Å². The van der Waals surface area contributed by atoms with Gasteiger partial charge in [-0.2, -0.15) is 0 Å². The fourth-order valence-electron chi connectivity index (χ4n) is 3.39. The van der Waals surface area contributed by atoms with Gasteiger partial charge in [0, 0.05) is 35.4 Å². The summed E-state index contributed by atoms with van der Waals surface area (Å²) in [5.41, 5.74) is 3.09. The van der Waals surface area contributed by atoms with E-state index in [1.54, 1.807) is 12.5 Å². The van der Waals surface area contributed by atoms with Crippen molar-refractivity contribution in [1.82, 2.24) is 14.9 Å². The van der Waals surface area contributed by atoms with Crippen LogP contribution in [0.15, 0.2) is 53.3 Å². The molecule has 5 nitrogen and oxygen atoms in total. The van der Waals surface area contributed by atoms with Crippen molar-refractivity contribution < 1.29 is 9.21 Å². The summed E-state index contributed by atoms with van der Waals surface area (Å²) in [5, 5.41) is 4.10. The van der Waals surface area contributed by atoms with Gasteiger partial charge in [-0.25, -0.2) is 4.98 Å². The second kappa shape index (κ2) is 7.04. The summed E-state index contributed by atoms with van der Waals surface area (Å²) in [5.74, 6) is 0.776. The van der Waals surface area contributed by atoms with E-state index in [4.69, 9.17) is 4.42 Å². The zero-order valence-electron chi connectivity index (χ0n) is 15.5. The van der Waals surface area contributed by atoms with Gasteiger partial charge < -0.3 is 14.3 Å². The molecule has 0 saturated heterocycles. The Kier molecular flexibility index (Phi) is 4.58. The van der Waals surface area contributed by atoms with Crippen LogP contribution in [-0.4, -0.2) is 21.5 Å². The van der Waals surface area contributed by atoms with Gasteiger partial charge in [0.2, 0.25) is 0 Å². The van der Waals surface area contributed by atoms with Crippen LogP contribution in [0.1, 0.15) is 33.7 Å². The molecule has 0 aliphatic rings. The van der Waals surface area contributed by atoms with E-state index < -0.39 is 0 Å². The first kappa shape index (κ1) is 17.5. The highest BCUT2D eigenvalue weighted by Crippen LogP contribution is 2.35. The minimum Gasteiger partial charge on any atom is -0.469 e. The quantitative estimate of drug-likeness (QED) is 0.549. The Labute approximate surface area is 161 Å². The van der Waals surface area contributed by atoms with Gasteiger partial charge in [0.25, 0.3) is 5.91 Å². The van der Waals surface area contributed by atoms with Crippen LogP contribution in [0.25, 0.3) is 15.9 Å². The Balaban J connectivity index is 1.73. The summed E-state index contributed by atoms with van der Waals surface area (Å²) in [4.78, 5) is 19.1. The van der Waals surface area contributed by atoms with E-state index >= 15 is 0 Å². The molecule has 0 radical (unpaired) electrons. The topological polar surface area (TPSA) is 60.1 Å². The fraction of sp³-hybridized carbons (Fsp3) is 0.238. The molecule has 1 N–H and O–H groups in total. The number of aryl methyl sites for hydroxylation is 2. The number of nitrogens with zero attached hydrogens (tertiary/aromatic N) is 2. The molecular weight excluding hydrogens is 358 g/mol. The van der Waals surface area contributed by atoms with Gasteiger partial charge in [0.05, 0.1) is 12.0 Å². The Morgan fingerprint density at radius 2 is 2.00 bits per heavy atom. The molecule has 0 saturated carbocycles. The predicted molar refractivity (Wildman–Crippen MR) is 108 cm³/mol. The van der Waals surface area contributed by atoms with Crippen LogP contribution in [0.2, 0.25) is 0 Å². The van der Waals surface area contributed by atoms with Crippen molar-refractivity contribution >= 4 is 27.5 Å². The lowest BCUT2D eigenvalue weighted by Crippen LogP contribution is -2.34. The van der Waals surface area contributed by atoms with Gasteiger partial charge in [0.15, 0.2) is 0 Å². The molecule has 0 fully saturated rings. The van der Waals surface area contributed by atoms with Crippen LogP contribution < -0.4 is 5.32 Å². The zero-order chi connectivity index (χ0) is 19.0. The summed E-state index contributed by atoms with van der Waals surface area (Å²) in [7, 11) is 0. The third kappa shape index (κ3) is 3.28. The van der Waals surface area contributed by atoms with Crippen molar-refractivity contribution in [2.75, 3.05) is 0 Å². The van der Waals surface area contributed by atoms with Crippen LogP contribution >= 0.6 is 11.3 Å². The van der Waals surface area contributed by atoms with Crippen molar-refractivity contribution in [3.63, 3.8) is 0 Å². The van der Waals surface area contributed by atoms with E-state index in [0.717, 1.165) is 33.1 Å². The number of nitrogens with one attached hydrogen (secondary N) is 1. The first-order valence-corrected chi connectivity index (χ1v) is 9.72. The SMILES string of the molecule is Cc1ccc(C)n1-c1c(C(=O)NC(C)Cc2ccco2)sc2ncccc12. The number of amides is 1. The highest BCUT2D eigenvalue weighted by atomic mass is 32.1. The van der Waals surface area contributed by atoms with Gasteiger partial charge in [-0.3, -0.25) is 4.79 Å². The third-order valence-corrected chi connectivity index (χ3v) is 5.71. The van der Waals surface area contributed by atoms with Gasteiger partial charge in [-0.05, 0) is 57.2 Å². The number of aromatic nitrogens is 2. The van der Waals surface area contributed by atoms with E-state index in [1.165, 1.54) is 11.3 Å². The molecular formula is C21H21N3O2S. The van der Waals surface area contributed by atoms with E-state index in [0.29, 0.717) is 11.3 Å². The predicted octanol–water partition coefficient (Wildman–Crippen LogP) is 4.66. The van der Waals surface area contributed by atoms with Crippen LogP contribution in [0.4, 0.5) is 0 Å². The molecule has 4 rings (SSSR count). The maximum atomic E-state index is 13.1. The minimum atomic E-state index is -0.0837. The Morgan fingerprint density at radius 3 is 2.70 bits per heavy atom. The lowest BCUT2D eigenvalue weighted by atomic mass is 10.2. The van der Waals surface area contributed by atoms with E-state index in [-0.39, 0.29) is 11.9 Å². The molecule has 0 spiro atoms. The number of furan rings is 1. The number of carbonyl (C=O) groups excluding carboxylic acids is 1. The second-order valence-electron chi connectivity index (χ2n) is 6.75. The fourth-order valence-corrected chi connectivity index (χ4v) is 4.42. The number of rotatable bonds is 5. The monoisotopic (exact) mass is 379 g/mol. The number of carbonyl (C=O) groups is 1. The molecule has 0 aliphatic heterocycles. The standard InChI is InChI=1S/C21H21N3O2S/c1-13(12-16-6-5-11-26-16)23-20(25)19-18(24-14(2)8-9-15(24)3)17-7-4-10-22-21(17)27-19/h4-11,13H,12H2,1-3H3,(H,23,25). The first-order chi connectivity index (χ1) is 13.0. The zero-order valence-corrected chi connectivity index (χ0v) is 16.3. The number of thiophene rings is 1. The van der Waals surface area contributed by atoms with Crippen molar-refractivity contribution in [3.8, 4) is 5.69 Å². The summed E-state index contributed by atoms with van der Waals surface area (Å²) in [6, 6.07) is 11.8. The Morgan fingerprint density at radius 1 is 1.22 bits per heavy atom. The van der Waals surface area contributed by atoms with Gasteiger partial charge >= 0.3 is 0 Å². The van der Waals surface area contributed by atoms with Crippen molar-refractivity contribution in [1.29, 1.82) is 0 Å². The molecule has 1 amide bonds. The minimum absolute atomic E-state index is 0.0403.